The molecule has 2 atom stereocenters. The molecule has 2 nitrogen and oxygen atoms in total. The van der Waals surface area contributed by atoms with Crippen LogP contribution in [0.25, 0.3) is 0 Å². The zero-order valence-electron chi connectivity index (χ0n) is 7.42. The zero-order chi connectivity index (χ0) is 9.57. The van der Waals surface area contributed by atoms with Crippen molar-refractivity contribution in [2.24, 2.45) is 10.8 Å². The summed E-state index contributed by atoms with van der Waals surface area (Å²) in [6.45, 7) is 7.64. The molecule has 3 heteroatoms. The highest BCUT2D eigenvalue weighted by molar-refractivity contribution is 7.80. The first-order valence-electron chi connectivity index (χ1n) is 3.91. The minimum absolute atomic E-state index is 0.236. The second kappa shape index (κ2) is 2.52. The van der Waals surface area contributed by atoms with Crippen molar-refractivity contribution in [1.82, 2.24) is 0 Å². The smallest absolute Gasteiger partial charge is 0.311 e. The minimum atomic E-state index is -0.747. The Balaban J connectivity index is 2.93. The average molecular weight is 186 g/mol. The Hall–Kier alpha value is -0.440. The molecule has 0 bridgehead atoms. The summed E-state index contributed by atoms with van der Waals surface area (Å²) in [4.78, 5) is 10.9. The summed E-state index contributed by atoms with van der Waals surface area (Å²) in [5.41, 5.74) is 0.0571. The summed E-state index contributed by atoms with van der Waals surface area (Å²) >= 11 is 4.09. The van der Waals surface area contributed by atoms with Crippen LogP contribution in [-0.2, 0) is 4.79 Å². The predicted molar refractivity (Wildman–Crippen MR) is 51.5 cm³/mol. The van der Waals surface area contributed by atoms with Crippen molar-refractivity contribution >= 4 is 18.6 Å². The minimum Gasteiger partial charge on any atom is -0.481 e. The Morgan fingerprint density at radius 1 is 1.75 bits per heavy atom. The van der Waals surface area contributed by atoms with Crippen LogP contribution in [0.2, 0.25) is 0 Å². The maximum atomic E-state index is 10.9. The fraction of sp³-hybridized carbons (Fsp3) is 0.667. The van der Waals surface area contributed by atoms with Crippen LogP contribution >= 0.6 is 12.6 Å². The van der Waals surface area contributed by atoms with Gasteiger partial charge in [-0.1, -0.05) is 19.1 Å². The average Bonchev–Trinajstić information content (AvgIpc) is 2.59. The van der Waals surface area contributed by atoms with E-state index in [9.17, 15) is 4.79 Å². The maximum absolute atomic E-state index is 10.9. The summed E-state index contributed by atoms with van der Waals surface area (Å²) in [7, 11) is 0. The molecule has 0 amide bonds. The number of hydrogen-bond acceptors (Lipinski definition) is 2. The Labute approximate surface area is 78.1 Å². The van der Waals surface area contributed by atoms with E-state index < -0.39 is 11.4 Å². The highest BCUT2D eigenvalue weighted by Crippen LogP contribution is 2.67. The lowest BCUT2D eigenvalue weighted by atomic mass is 9.90. The van der Waals surface area contributed by atoms with Crippen molar-refractivity contribution in [2.75, 3.05) is 5.75 Å². The molecule has 2 unspecified atom stereocenters. The summed E-state index contributed by atoms with van der Waals surface area (Å²) in [6.07, 6.45) is 0.675. The molecule has 1 aliphatic rings. The highest BCUT2D eigenvalue weighted by atomic mass is 32.1. The number of carboxylic acid groups (broad SMARTS) is 1. The molecule has 1 fully saturated rings. The molecular weight excluding hydrogens is 172 g/mol. The highest BCUT2D eigenvalue weighted by Gasteiger charge is 2.68. The molecule has 0 aromatic carbocycles. The van der Waals surface area contributed by atoms with Crippen molar-refractivity contribution in [3.8, 4) is 0 Å². The van der Waals surface area contributed by atoms with Gasteiger partial charge in [-0.15, -0.1) is 0 Å². The number of allylic oxidation sites excluding steroid dienone is 1. The number of carboxylic acids is 1. The van der Waals surface area contributed by atoms with Crippen molar-refractivity contribution < 1.29 is 9.90 Å². The molecule has 0 aromatic rings. The van der Waals surface area contributed by atoms with Gasteiger partial charge in [0.15, 0.2) is 0 Å². The van der Waals surface area contributed by atoms with Gasteiger partial charge in [0.1, 0.15) is 0 Å². The standard InChI is InChI=1S/C9H14O2S/c1-6(2)8(3)4-9(8,5-12)7(10)11/h12H,1,4-5H2,2-3H3,(H,10,11). The van der Waals surface area contributed by atoms with E-state index in [2.05, 4.69) is 19.2 Å². The first-order valence-corrected chi connectivity index (χ1v) is 4.54. The fourth-order valence-corrected chi connectivity index (χ4v) is 2.32. The van der Waals surface area contributed by atoms with E-state index in [1.807, 2.05) is 13.8 Å². The van der Waals surface area contributed by atoms with Crippen LogP contribution in [0.15, 0.2) is 12.2 Å². The molecule has 1 N–H and O–H groups in total. The lowest BCUT2D eigenvalue weighted by Crippen LogP contribution is -2.24. The van der Waals surface area contributed by atoms with Crippen LogP contribution < -0.4 is 0 Å². The summed E-state index contributed by atoms with van der Waals surface area (Å²) in [5, 5.41) is 9.00. The second-order valence-electron chi connectivity index (χ2n) is 3.83. The van der Waals surface area contributed by atoms with Crippen LogP contribution in [0.5, 0.6) is 0 Å². The van der Waals surface area contributed by atoms with Gasteiger partial charge in [-0.3, -0.25) is 4.79 Å². The molecule has 68 valence electrons. The molecule has 0 saturated heterocycles. The molecule has 0 heterocycles. The Morgan fingerprint density at radius 3 is 2.33 bits per heavy atom. The predicted octanol–water partition coefficient (Wildman–Crippen LogP) is 1.97. The molecular formula is C9H14O2S. The quantitative estimate of drug-likeness (QED) is 0.522. The molecule has 1 saturated carbocycles. The zero-order valence-corrected chi connectivity index (χ0v) is 8.32. The molecule has 1 rings (SSSR count). The number of carbonyl (C=O) groups is 1. The second-order valence-corrected chi connectivity index (χ2v) is 4.15. The fourth-order valence-electron chi connectivity index (χ4n) is 1.73. The van der Waals surface area contributed by atoms with Gasteiger partial charge in [0.05, 0.1) is 5.41 Å². The number of aliphatic carboxylic acids is 1. The normalized spacial score (nSPS) is 39.2. The maximum Gasteiger partial charge on any atom is 0.311 e. The third kappa shape index (κ3) is 0.922. The van der Waals surface area contributed by atoms with E-state index in [1.54, 1.807) is 0 Å². The Morgan fingerprint density at radius 2 is 2.25 bits per heavy atom. The van der Waals surface area contributed by atoms with E-state index in [1.165, 1.54) is 0 Å². The molecule has 0 spiro atoms. The van der Waals surface area contributed by atoms with Crippen molar-refractivity contribution in [2.45, 2.75) is 20.3 Å². The van der Waals surface area contributed by atoms with Crippen molar-refractivity contribution in [3.63, 3.8) is 0 Å². The first-order chi connectivity index (χ1) is 5.40. The lowest BCUT2D eigenvalue weighted by Gasteiger charge is -2.16. The third-order valence-corrected chi connectivity index (χ3v) is 3.75. The van der Waals surface area contributed by atoms with E-state index in [0.29, 0.717) is 12.2 Å². The number of thiol groups is 1. The van der Waals surface area contributed by atoms with Crippen LogP contribution in [-0.4, -0.2) is 16.8 Å². The number of rotatable bonds is 3. The van der Waals surface area contributed by atoms with Gasteiger partial charge in [-0.25, -0.2) is 0 Å². The van der Waals surface area contributed by atoms with Crippen LogP contribution in [0.3, 0.4) is 0 Å². The summed E-state index contributed by atoms with van der Waals surface area (Å²) in [6, 6.07) is 0. The van der Waals surface area contributed by atoms with Gasteiger partial charge < -0.3 is 5.11 Å². The van der Waals surface area contributed by atoms with Crippen LogP contribution in [0, 0.1) is 10.8 Å². The molecule has 0 radical (unpaired) electrons. The van der Waals surface area contributed by atoms with Gasteiger partial charge in [-0.05, 0) is 13.3 Å². The van der Waals surface area contributed by atoms with E-state index in [-0.39, 0.29) is 5.41 Å². The number of hydrogen-bond donors (Lipinski definition) is 2. The Bertz CT molecular complexity index is 249. The van der Waals surface area contributed by atoms with Gasteiger partial charge in [-0.2, -0.15) is 12.6 Å². The molecule has 1 aliphatic carbocycles. The van der Waals surface area contributed by atoms with E-state index in [0.717, 1.165) is 5.57 Å². The first kappa shape index (κ1) is 9.65. The largest absolute Gasteiger partial charge is 0.481 e. The van der Waals surface area contributed by atoms with Crippen molar-refractivity contribution in [1.29, 1.82) is 0 Å². The topological polar surface area (TPSA) is 37.3 Å². The summed E-state index contributed by atoms with van der Waals surface area (Å²) < 4.78 is 0. The van der Waals surface area contributed by atoms with Crippen LogP contribution in [0.1, 0.15) is 20.3 Å². The van der Waals surface area contributed by atoms with Gasteiger partial charge in [0.25, 0.3) is 0 Å². The lowest BCUT2D eigenvalue weighted by molar-refractivity contribution is -0.143. The SMILES string of the molecule is C=C(C)C1(C)CC1(CS)C(=O)O. The van der Waals surface area contributed by atoms with E-state index >= 15 is 0 Å². The van der Waals surface area contributed by atoms with E-state index in [4.69, 9.17) is 5.11 Å². The van der Waals surface area contributed by atoms with Gasteiger partial charge in [0.2, 0.25) is 0 Å². The molecule has 0 aliphatic heterocycles. The monoisotopic (exact) mass is 186 g/mol. The third-order valence-electron chi connectivity index (χ3n) is 3.21. The van der Waals surface area contributed by atoms with Gasteiger partial charge >= 0.3 is 5.97 Å². The molecule has 12 heavy (non-hydrogen) atoms. The van der Waals surface area contributed by atoms with Crippen LogP contribution in [0.4, 0.5) is 0 Å². The molecule has 0 aromatic heterocycles. The summed E-state index contributed by atoms with van der Waals surface area (Å²) in [5.74, 6) is -0.353. The van der Waals surface area contributed by atoms with Crippen molar-refractivity contribution in [3.05, 3.63) is 12.2 Å². The van der Waals surface area contributed by atoms with Gasteiger partial charge in [0, 0.05) is 11.2 Å². The Kier molecular flexibility index (Phi) is 2.03.